The van der Waals surface area contributed by atoms with Gasteiger partial charge in [-0.05, 0) is 44.8 Å². The Bertz CT molecular complexity index is 485. The van der Waals surface area contributed by atoms with Gasteiger partial charge in [0.2, 0.25) is 0 Å². The van der Waals surface area contributed by atoms with Crippen LogP contribution in [0.5, 0.6) is 0 Å². The highest BCUT2D eigenvalue weighted by atomic mass is 16.5. The molecule has 17 heavy (non-hydrogen) atoms. The molecule has 90 valence electrons. The Morgan fingerprint density at radius 2 is 2.18 bits per heavy atom. The second-order valence-corrected chi connectivity index (χ2v) is 6.54. The molecule has 0 N–H and O–H groups in total. The Kier molecular flexibility index (Phi) is 1.82. The summed E-state index contributed by atoms with van der Waals surface area (Å²) < 4.78 is 6.11. The third-order valence-corrected chi connectivity index (χ3v) is 4.60. The zero-order chi connectivity index (χ0) is 12.5. The van der Waals surface area contributed by atoms with Crippen molar-refractivity contribution in [2.45, 2.75) is 51.7 Å². The van der Waals surface area contributed by atoms with Crippen molar-refractivity contribution in [3.8, 4) is 6.07 Å². The predicted octanol–water partition coefficient (Wildman–Crippen LogP) is 2.37. The summed E-state index contributed by atoms with van der Waals surface area (Å²) in [6.45, 7) is 5.83. The largest absolute Gasteiger partial charge is 0.367 e. The minimum Gasteiger partial charge on any atom is -0.367 e. The van der Waals surface area contributed by atoms with Crippen molar-refractivity contribution in [1.29, 1.82) is 5.26 Å². The van der Waals surface area contributed by atoms with Crippen LogP contribution in [0.25, 0.3) is 0 Å². The van der Waals surface area contributed by atoms with E-state index in [0.29, 0.717) is 0 Å². The average Bonchev–Trinajstić information content (AvgIpc) is 2.47. The highest BCUT2D eigenvalue weighted by Gasteiger charge is 2.70. The van der Waals surface area contributed by atoms with Crippen molar-refractivity contribution in [3.63, 3.8) is 0 Å². The van der Waals surface area contributed by atoms with Gasteiger partial charge in [0, 0.05) is 5.41 Å². The molecule has 4 fully saturated rings. The van der Waals surface area contributed by atoms with Crippen LogP contribution in [-0.4, -0.2) is 17.5 Å². The summed E-state index contributed by atoms with van der Waals surface area (Å²) in [7, 11) is 0. The molecule has 2 aliphatic carbocycles. The van der Waals surface area contributed by atoms with Crippen molar-refractivity contribution >= 4 is 5.78 Å². The number of carbonyl (C=O) groups is 1. The van der Waals surface area contributed by atoms with Crippen molar-refractivity contribution in [3.05, 3.63) is 11.6 Å². The summed E-state index contributed by atoms with van der Waals surface area (Å²) in [5, 5.41) is 9.56. The molecular formula is C14H17NO2. The summed E-state index contributed by atoms with van der Waals surface area (Å²) in [6, 6.07) is 2.47. The molecule has 0 radical (unpaired) electrons. The van der Waals surface area contributed by atoms with E-state index in [9.17, 15) is 10.1 Å². The molecule has 0 amide bonds. The first-order chi connectivity index (χ1) is 7.83. The van der Waals surface area contributed by atoms with Crippen LogP contribution in [0.1, 0.15) is 40.0 Å². The maximum Gasteiger partial charge on any atom is 0.152 e. The fraction of sp³-hybridized carbons (Fsp3) is 0.714. The van der Waals surface area contributed by atoms with E-state index in [2.05, 4.69) is 19.9 Å². The molecule has 2 saturated carbocycles. The van der Waals surface area contributed by atoms with E-state index < -0.39 is 5.41 Å². The van der Waals surface area contributed by atoms with Gasteiger partial charge in [-0.3, -0.25) is 4.79 Å². The van der Waals surface area contributed by atoms with Gasteiger partial charge in [-0.2, -0.15) is 5.26 Å². The van der Waals surface area contributed by atoms with Crippen LogP contribution in [0.4, 0.5) is 0 Å². The van der Waals surface area contributed by atoms with Crippen LogP contribution in [-0.2, 0) is 9.53 Å². The Balaban J connectivity index is 2.16. The quantitative estimate of drug-likeness (QED) is 0.651. The maximum absolute atomic E-state index is 11.4. The molecule has 4 rings (SSSR count). The standard InChI is InChI=1S/C14H17NO2/c1-9(16)4-10-11-12(2)5-13(3,17-11)7-14(10,6-12)8-15/h4,11H,5-7H2,1-3H3/b10-4+/t11?,12?,13?,14-/m0/s1. The predicted molar refractivity (Wildman–Crippen MR) is 62.0 cm³/mol. The summed E-state index contributed by atoms with van der Waals surface area (Å²) in [4.78, 5) is 11.4. The molecular weight excluding hydrogens is 214 g/mol. The lowest BCUT2D eigenvalue weighted by molar-refractivity contribution is -0.113. The first-order valence-electron chi connectivity index (χ1n) is 6.14. The van der Waals surface area contributed by atoms with Gasteiger partial charge in [0.05, 0.1) is 23.2 Å². The first kappa shape index (κ1) is 11.0. The number of carbonyl (C=O) groups excluding carboxylic acids is 1. The van der Waals surface area contributed by atoms with Gasteiger partial charge in [-0.1, -0.05) is 6.92 Å². The molecule has 3 unspecified atom stereocenters. The number of hydrogen-bond donors (Lipinski definition) is 0. The van der Waals surface area contributed by atoms with E-state index in [4.69, 9.17) is 4.74 Å². The summed E-state index contributed by atoms with van der Waals surface area (Å²) >= 11 is 0. The lowest BCUT2D eigenvalue weighted by Gasteiger charge is -2.41. The lowest BCUT2D eigenvalue weighted by atomic mass is 9.65. The second-order valence-electron chi connectivity index (χ2n) is 6.54. The number of ketones is 1. The SMILES string of the molecule is CC(=O)/C=C1\C2OC3(C)CC2(C)C[C@@]1(C#N)C3. The Morgan fingerprint density at radius 1 is 1.47 bits per heavy atom. The number of nitriles is 1. The highest BCUT2D eigenvalue weighted by Crippen LogP contribution is 2.70. The van der Waals surface area contributed by atoms with Crippen molar-refractivity contribution < 1.29 is 9.53 Å². The summed E-state index contributed by atoms with van der Waals surface area (Å²) in [5.41, 5.74) is 0.368. The Hall–Kier alpha value is -1.14. The normalized spacial score (nSPS) is 53.1. The maximum atomic E-state index is 11.4. The third-order valence-electron chi connectivity index (χ3n) is 4.60. The van der Waals surface area contributed by atoms with Gasteiger partial charge < -0.3 is 4.74 Å². The van der Waals surface area contributed by atoms with E-state index in [1.165, 1.54) is 0 Å². The van der Waals surface area contributed by atoms with Gasteiger partial charge in [-0.15, -0.1) is 0 Å². The monoisotopic (exact) mass is 231 g/mol. The molecule has 0 aromatic heterocycles. The number of ether oxygens (including phenoxy) is 1. The molecule has 2 saturated heterocycles. The molecule has 0 spiro atoms. The van der Waals surface area contributed by atoms with Crippen molar-refractivity contribution in [1.82, 2.24) is 0 Å². The first-order valence-corrected chi connectivity index (χ1v) is 6.14. The minimum atomic E-state index is -0.448. The van der Waals surface area contributed by atoms with Crippen LogP contribution in [0.3, 0.4) is 0 Å². The fourth-order valence-electron chi connectivity index (χ4n) is 4.54. The molecule has 3 heteroatoms. The zero-order valence-corrected chi connectivity index (χ0v) is 10.5. The lowest BCUT2D eigenvalue weighted by Crippen LogP contribution is -2.41. The third kappa shape index (κ3) is 1.22. The molecule has 2 aliphatic heterocycles. The van der Waals surface area contributed by atoms with E-state index in [-0.39, 0.29) is 22.9 Å². The number of rotatable bonds is 1. The zero-order valence-electron chi connectivity index (χ0n) is 10.5. The smallest absolute Gasteiger partial charge is 0.152 e. The molecule has 4 aliphatic rings. The number of nitrogens with zero attached hydrogens (tertiary/aromatic N) is 1. The average molecular weight is 231 g/mol. The molecule has 2 heterocycles. The van der Waals surface area contributed by atoms with Crippen LogP contribution >= 0.6 is 0 Å². The van der Waals surface area contributed by atoms with Gasteiger partial charge in [0.15, 0.2) is 5.78 Å². The molecule has 3 nitrogen and oxygen atoms in total. The van der Waals surface area contributed by atoms with E-state index >= 15 is 0 Å². The van der Waals surface area contributed by atoms with Gasteiger partial charge in [0.25, 0.3) is 0 Å². The minimum absolute atomic E-state index is 0.0166. The van der Waals surface area contributed by atoms with E-state index in [1.807, 2.05) is 0 Å². The van der Waals surface area contributed by atoms with Crippen molar-refractivity contribution in [2.24, 2.45) is 10.8 Å². The molecule has 4 bridgehead atoms. The fourth-order valence-corrected chi connectivity index (χ4v) is 4.54. The van der Waals surface area contributed by atoms with E-state index in [1.54, 1.807) is 13.0 Å². The van der Waals surface area contributed by atoms with Gasteiger partial charge in [0.1, 0.15) is 0 Å². The summed E-state index contributed by atoms with van der Waals surface area (Å²) in [6.07, 6.45) is 4.20. The van der Waals surface area contributed by atoms with Crippen LogP contribution in [0.2, 0.25) is 0 Å². The van der Waals surface area contributed by atoms with Crippen molar-refractivity contribution in [2.75, 3.05) is 0 Å². The van der Waals surface area contributed by atoms with Crippen LogP contribution in [0.15, 0.2) is 11.6 Å². The highest BCUT2D eigenvalue weighted by molar-refractivity contribution is 5.88. The van der Waals surface area contributed by atoms with Crippen LogP contribution in [0, 0.1) is 22.2 Å². The molecule has 0 aromatic carbocycles. The topological polar surface area (TPSA) is 50.1 Å². The summed E-state index contributed by atoms with van der Waals surface area (Å²) in [5.74, 6) is 0.0166. The number of allylic oxidation sites excluding steroid dienone is 1. The van der Waals surface area contributed by atoms with Gasteiger partial charge >= 0.3 is 0 Å². The van der Waals surface area contributed by atoms with Gasteiger partial charge in [-0.25, -0.2) is 0 Å². The second kappa shape index (κ2) is 2.81. The molecule has 4 atom stereocenters. The Labute approximate surface area is 101 Å². The molecule has 0 aromatic rings. The van der Waals surface area contributed by atoms with E-state index in [0.717, 1.165) is 24.8 Å². The Morgan fingerprint density at radius 3 is 2.76 bits per heavy atom. The van der Waals surface area contributed by atoms with Crippen LogP contribution < -0.4 is 0 Å². The number of hydrogen-bond acceptors (Lipinski definition) is 3.